The van der Waals surface area contributed by atoms with E-state index in [9.17, 15) is 9.59 Å². The molecule has 0 aliphatic rings. The molecule has 138 valence electrons. The summed E-state index contributed by atoms with van der Waals surface area (Å²) in [6, 6.07) is 14.5. The smallest absolute Gasteiger partial charge is 0.303 e. The molecular weight excluding hydrogens is 386 g/mol. The Morgan fingerprint density at radius 3 is 2.56 bits per heavy atom. The zero-order valence-corrected chi connectivity index (χ0v) is 15.8. The minimum Gasteiger partial charge on any atom is -0.481 e. The van der Waals surface area contributed by atoms with Crippen molar-refractivity contribution >= 4 is 40.5 Å². The van der Waals surface area contributed by atoms with E-state index in [1.54, 1.807) is 30.3 Å². The second-order valence-electron chi connectivity index (χ2n) is 5.85. The van der Waals surface area contributed by atoms with Crippen molar-refractivity contribution in [3.05, 3.63) is 74.7 Å². The minimum absolute atomic E-state index is 0.0753. The molecule has 8 heteroatoms. The van der Waals surface area contributed by atoms with Crippen LogP contribution in [0.25, 0.3) is 0 Å². The number of aryl methyl sites for hydroxylation is 1. The molecule has 0 unspecified atom stereocenters. The van der Waals surface area contributed by atoms with E-state index in [2.05, 4.69) is 15.5 Å². The molecule has 6 nitrogen and oxygen atoms in total. The number of halogens is 1. The number of rotatable bonds is 7. The van der Waals surface area contributed by atoms with Gasteiger partial charge in [-0.25, -0.2) is 0 Å². The molecule has 27 heavy (non-hydrogen) atoms. The molecule has 2 N–H and O–H groups in total. The number of aromatic nitrogens is 2. The number of carbonyl (C=O) groups excluding carboxylic acids is 1. The Morgan fingerprint density at radius 1 is 1.07 bits per heavy atom. The summed E-state index contributed by atoms with van der Waals surface area (Å²) in [6.45, 7) is 0. The molecule has 0 fully saturated rings. The highest BCUT2D eigenvalue weighted by molar-refractivity contribution is 7.13. The van der Waals surface area contributed by atoms with Crippen LogP contribution in [0.2, 0.25) is 5.02 Å². The monoisotopic (exact) mass is 401 g/mol. The molecule has 1 aromatic heterocycles. The second kappa shape index (κ2) is 8.75. The molecule has 0 aliphatic carbocycles. The van der Waals surface area contributed by atoms with Crippen molar-refractivity contribution in [1.82, 2.24) is 10.2 Å². The van der Waals surface area contributed by atoms with Gasteiger partial charge in [-0.1, -0.05) is 47.2 Å². The standard InChI is InChI=1S/C19H16ClN3O3S/c20-14-3-1-2-13(10-14)11-16-22-23-19(27-16)18(26)21-15-7-4-12(5-8-15)6-9-17(24)25/h1-5,7-8,10H,6,9,11H2,(H,21,26)(H,24,25). The summed E-state index contributed by atoms with van der Waals surface area (Å²) >= 11 is 7.21. The van der Waals surface area contributed by atoms with E-state index in [0.717, 1.165) is 16.1 Å². The summed E-state index contributed by atoms with van der Waals surface area (Å²) < 4.78 is 0. The third kappa shape index (κ3) is 5.60. The predicted octanol–water partition coefficient (Wildman–Crippen LogP) is 4.05. The van der Waals surface area contributed by atoms with Gasteiger partial charge in [0, 0.05) is 23.6 Å². The fraction of sp³-hybridized carbons (Fsp3) is 0.158. The lowest BCUT2D eigenvalue weighted by Gasteiger charge is -2.04. The number of nitrogens with one attached hydrogen (secondary N) is 1. The van der Waals surface area contributed by atoms with E-state index in [1.807, 2.05) is 18.2 Å². The van der Waals surface area contributed by atoms with Gasteiger partial charge in [0.25, 0.3) is 5.91 Å². The Bertz CT molecular complexity index is 957. The molecule has 3 aromatic rings. The van der Waals surface area contributed by atoms with Gasteiger partial charge in [-0.15, -0.1) is 10.2 Å². The van der Waals surface area contributed by atoms with Crippen LogP contribution in [0.4, 0.5) is 5.69 Å². The first-order valence-corrected chi connectivity index (χ1v) is 9.38. The molecule has 0 spiro atoms. The van der Waals surface area contributed by atoms with Gasteiger partial charge in [-0.3, -0.25) is 9.59 Å². The summed E-state index contributed by atoms with van der Waals surface area (Å²) in [5.74, 6) is -1.17. The van der Waals surface area contributed by atoms with Crippen LogP contribution in [0, 0.1) is 0 Å². The van der Waals surface area contributed by atoms with E-state index >= 15 is 0 Å². The van der Waals surface area contributed by atoms with Crippen molar-refractivity contribution < 1.29 is 14.7 Å². The van der Waals surface area contributed by atoms with Crippen molar-refractivity contribution in [3.63, 3.8) is 0 Å². The van der Waals surface area contributed by atoms with Crippen LogP contribution >= 0.6 is 22.9 Å². The summed E-state index contributed by atoms with van der Waals surface area (Å²) in [5, 5.41) is 21.2. The number of anilines is 1. The Balaban J connectivity index is 1.60. The summed E-state index contributed by atoms with van der Waals surface area (Å²) in [6.07, 6.45) is 1.09. The number of aliphatic carboxylic acids is 1. The number of benzene rings is 2. The number of carboxylic acids is 1. The van der Waals surface area contributed by atoms with Gasteiger partial charge in [-0.05, 0) is 41.8 Å². The van der Waals surface area contributed by atoms with Crippen LogP contribution in [0.15, 0.2) is 48.5 Å². The normalized spacial score (nSPS) is 10.6. The quantitative estimate of drug-likeness (QED) is 0.623. The maximum absolute atomic E-state index is 12.3. The van der Waals surface area contributed by atoms with Crippen LogP contribution in [-0.2, 0) is 17.6 Å². The van der Waals surface area contributed by atoms with Gasteiger partial charge in [-0.2, -0.15) is 0 Å². The molecule has 0 saturated heterocycles. The highest BCUT2D eigenvalue weighted by Gasteiger charge is 2.13. The van der Waals surface area contributed by atoms with E-state index in [4.69, 9.17) is 16.7 Å². The van der Waals surface area contributed by atoms with Gasteiger partial charge in [0.05, 0.1) is 0 Å². The van der Waals surface area contributed by atoms with E-state index in [-0.39, 0.29) is 17.3 Å². The number of amides is 1. The number of hydrogen-bond acceptors (Lipinski definition) is 5. The topological polar surface area (TPSA) is 92.2 Å². The van der Waals surface area contributed by atoms with E-state index in [1.165, 1.54) is 11.3 Å². The highest BCUT2D eigenvalue weighted by Crippen LogP contribution is 2.19. The average Bonchev–Trinajstić information content (AvgIpc) is 3.10. The van der Waals surface area contributed by atoms with Crippen molar-refractivity contribution in [2.75, 3.05) is 5.32 Å². The third-order valence-electron chi connectivity index (χ3n) is 3.74. The first-order valence-electron chi connectivity index (χ1n) is 8.18. The number of hydrogen-bond donors (Lipinski definition) is 2. The molecule has 0 bridgehead atoms. The summed E-state index contributed by atoms with van der Waals surface area (Å²) in [7, 11) is 0. The number of carboxylic acid groups (broad SMARTS) is 1. The van der Waals surface area contributed by atoms with E-state index in [0.29, 0.717) is 23.6 Å². The Hall–Kier alpha value is -2.77. The molecule has 1 amide bonds. The van der Waals surface area contributed by atoms with Crippen LogP contribution in [-0.4, -0.2) is 27.2 Å². The fourth-order valence-electron chi connectivity index (χ4n) is 2.43. The van der Waals surface area contributed by atoms with Crippen molar-refractivity contribution in [1.29, 1.82) is 0 Å². The van der Waals surface area contributed by atoms with E-state index < -0.39 is 5.97 Å². The van der Waals surface area contributed by atoms with Crippen LogP contribution < -0.4 is 5.32 Å². The lowest BCUT2D eigenvalue weighted by molar-refractivity contribution is -0.136. The van der Waals surface area contributed by atoms with Crippen molar-refractivity contribution in [2.45, 2.75) is 19.3 Å². The minimum atomic E-state index is -0.836. The summed E-state index contributed by atoms with van der Waals surface area (Å²) in [4.78, 5) is 22.9. The molecule has 3 rings (SSSR count). The molecule has 1 heterocycles. The number of carbonyl (C=O) groups is 2. The Morgan fingerprint density at radius 2 is 1.85 bits per heavy atom. The van der Waals surface area contributed by atoms with Crippen molar-refractivity contribution in [2.24, 2.45) is 0 Å². The second-order valence-corrected chi connectivity index (χ2v) is 7.35. The average molecular weight is 402 g/mol. The van der Waals surface area contributed by atoms with Gasteiger partial charge in [0.1, 0.15) is 5.01 Å². The lowest BCUT2D eigenvalue weighted by Crippen LogP contribution is -2.11. The molecule has 0 saturated carbocycles. The molecule has 2 aromatic carbocycles. The van der Waals surface area contributed by atoms with Crippen LogP contribution in [0.1, 0.15) is 32.4 Å². The highest BCUT2D eigenvalue weighted by atomic mass is 35.5. The fourth-order valence-corrected chi connectivity index (χ4v) is 3.41. The first-order chi connectivity index (χ1) is 13.0. The van der Waals surface area contributed by atoms with Crippen molar-refractivity contribution in [3.8, 4) is 0 Å². The molecule has 0 aliphatic heterocycles. The summed E-state index contributed by atoms with van der Waals surface area (Å²) in [5.41, 5.74) is 2.52. The third-order valence-corrected chi connectivity index (χ3v) is 4.90. The van der Waals surface area contributed by atoms with Gasteiger partial charge in [0.15, 0.2) is 0 Å². The predicted molar refractivity (Wildman–Crippen MR) is 105 cm³/mol. The molecule has 0 radical (unpaired) electrons. The lowest BCUT2D eigenvalue weighted by atomic mass is 10.1. The van der Waals surface area contributed by atoms with Gasteiger partial charge in [0.2, 0.25) is 5.01 Å². The number of nitrogens with zero attached hydrogens (tertiary/aromatic N) is 2. The largest absolute Gasteiger partial charge is 0.481 e. The maximum Gasteiger partial charge on any atom is 0.303 e. The first kappa shape index (κ1) is 19.0. The zero-order chi connectivity index (χ0) is 19.2. The Kier molecular flexibility index (Phi) is 6.16. The van der Waals surface area contributed by atoms with Gasteiger partial charge >= 0.3 is 5.97 Å². The molecule has 0 atom stereocenters. The zero-order valence-electron chi connectivity index (χ0n) is 14.2. The van der Waals surface area contributed by atoms with Crippen LogP contribution in [0.3, 0.4) is 0 Å². The maximum atomic E-state index is 12.3. The van der Waals surface area contributed by atoms with Crippen LogP contribution in [0.5, 0.6) is 0 Å². The SMILES string of the molecule is O=C(O)CCc1ccc(NC(=O)c2nnc(Cc3cccc(Cl)c3)s2)cc1. The molecular formula is C19H16ClN3O3S. The van der Waals surface area contributed by atoms with Gasteiger partial charge < -0.3 is 10.4 Å². The Labute approximate surface area is 164 Å².